The molecule has 0 saturated carbocycles. The summed E-state index contributed by atoms with van der Waals surface area (Å²) < 4.78 is 1.59. The molecule has 4 aromatic rings. The lowest BCUT2D eigenvalue weighted by molar-refractivity contribution is -0.113. The quantitative estimate of drug-likeness (QED) is 0.216. The van der Waals surface area contributed by atoms with Gasteiger partial charge in [0.15, 0.2) is 5.16 Å². The molecule has 0 fully saturated rings. The minimum Gasteiger partial charge on any atom is -0.352 e. The van der Waals surface area contributed by atoms with Gasteiger partial charge in [-0.1, -0.05) is 68.1 Å². The number of hydrogen-bond acceptors (Lipinski definition) is 5. The Morgan fingerprint density at radius 1 is 0.974 bits per heavy atom. The zero-order valence-electron chi connectivity index (χ0n) is 21.9. The molecule has 0 atom stereocenters. The van der Waals surface area contributed by atoms with Crippen LogP contribution in [0.25, 0.3) is 10.9 Å². The van der Waals surface area contributed by atoms with Crippen molar-refractivity contribution in [2.45, 2.75) is 38.9 Å². The van der Waals surface area contributed by atoms with Crippen LogP contribution in [0.2, 0.25) is 0 Å². The van der Waals surface area contributed by atoms with E-state index in [9.17, 15) is 14.4 Å². The first kappa shape index (κ1) is 27.1. The van der Waals surface area contributed by atoms with Crippen LogP contribution >= 0.6 is 11.8 Å². The molecule has 0 aliphatic heterocycles. The lowest BCUT2D eigenvalue weighted by Gasteiger charge is -2.14. The Kier molecular flexibility index (Phi) is 8.97. The van der Waals surface area contributed by atoms with Crippen molar-refractivity contribution in [3.63, 3.8) is 0 Å². The highest BCUT2D eigenvalue weighted by Gasteiger charge is 2.15. The molecule has 0 aliphatic carbocycles. The fourth-order valence-corrected chi connectivity index (χ4v) is 4.75. The summed E-state index contributed by atoms with van der Waals surface area (Å²) >= 11 is 1.22. The molecule has 2 N–H and O–H groups in total. The highest BCUT2D eigenvalue weighted by Crippen LogP contribution is 2.20. The topological polar surface area (TPSA) is 93.1 Å². The third-order valence-corrected chi connectivity index (χ3v) is 7.12. The Morgan fingerprint density at radius 3 is 2.42 bits per heavy atom. The number of rotatable bonds is 10. The number of amides is 2. The van der Waals surface area contributed by atoms with Crippen LogP contribution in [0.1, 0.15) is 41.8 Å². The van der Waals surface area contributed by atoms with Gasteiger partial charge in [-0.05, 0) is 60.7 Å². The van der Waals surface area contributed by atoms with Crippen LogP contribution in [0.15, 0.2) is 82.7 Å². The molecule has 2 amide bonds. The zero-order valence-corrected chi connectivity index (χ0v) is 22.7. The molecule has 0 radical (unpaired) electrons. The Balaban J connectivity index is 1.53. The number of hydrogen-bond donors (Lipinski definition) is 2. The first-order valence-electron chi connectivity index (χ1n) is 12.7. The maximum atomic E-state index is 13.4. The summed E-state index contributed by atoms with van der Waals surface area (Å²) in [5, 5.41) is 6.84. The molecule has 38 heavy (non-hydrogen) atoms. The maximum Gasteiger partial charge on any atom is 0.262 e. The third kappa shape index (κ3) is 6.89. The lowest BCUT2D eigenvalue weighted by atomic mass is 10.1. The van der Waals surface area contributed by atoms with Crippen LogP contribution in [0.3, 0.4) is 0 Å². The van der Waals surface area contributed by atoms with Crippen LogP contribution in [0, 0.1) is 12.8 Å². The summed E-state index contributed by atoms with van der Waals surface area (Å²) in [6, 6.07) is 22.0. The molecule has 1 aromatic heterocycles. The van der Waals surface area contributed by atoms with E-state index in [0.717, 1.165) is 23.2 Å². The van der Waals surface area contributed by atoms with Crippen LogP contribution in [0.5, 0.6) is 0 Å². The van der Waals surface area contributed by atoms with Gasteiger partial charge in [-0.25, -0.2) is 4.98 Å². The average Bonchev–Trinajstić information content (AvgIpc) is 2.91. The number of carbonyl (C=O) groups is 2. The van der Waals surface area contributed by atoms with Crippen molar-refractivity contribution in [3.05, 3.63) is 99.8 Å². The van der Waals surface area contributed by atoms with E-state index in [1.165, 1.54) is 11.8 Å². The normalized spacial score (nSPS) is 11.1. The van der Waals surface area contributed by atoms with Crippen molar-refractivity contribution in [2.75, 3.05) is 17.6 Å². The Labute approximate surface area is 226 Å². The SMILES string of the molecule is Cc1ccccc1NC(=O)CSc1nc2ccccc2c(=O)n1Cc1ccc(C(=O)NCCC(C)C)cc1. The Bertz CT molecular complexity index is 1500. The average molecular weight is 529 g/mol. The molecule has 3 aromatic carbocycles. The number of nitrogens with zero attached hydrogens (tertiary/aromatic N) is 2. The van der Waals surface area contributed by atoms with Gasteiger partial charge in [0, 0.05) is 17.8 Å². The second kappa shape index (κ2) is 12.6. The number of nitrogens with one attached hydrogen (secondary N) is 2. The summed E-state index contributed by atoms with van der Waals surface area (Å²) in [7, 11) is 0. The van der Waals surface area contributed by atoms with Gasteiger partial charge < -0.3 is 10.6 Å². The fourth-order valence-electron chi connectivity index (χ4n) is 3.95. The number of benzene rings is 3. The summed E-state index contributed by atoms with van der Waals surface area (Å²) in [5.41, 5.74) is 3.58. The molecule has 196 valence electrons. The number of aryl methyl sites for hydroxylation is 1. The van der Waals surface area contributed by atoms with Crippen molar-refractivity contribution >= 4 is 40.2 Å². The van der Waals surface area contributed by atoms with Crippen molar-refractivity contribution in [1.82, 2.24) is 14.9 Å². The summed E-state index contributed by atoms with van der Waals surface area (Å²) in [6.07, 6.45) is 0.922. The summed E-state index contributed by atoms with van der Waals surface area (Å²) in [6.45, 7) is 7.08. The van der Waals surface area contributed by atoms with Crippen molar-refractivity contribution in [1.29, 1.82) is 0 Å². The van der Waals surface area contributed by atoms with Gasteiger partial charge in [-0.3, -0.25) is 19.0 Å². The molecular weight excluding hydrogens is 496 g/mol. The largest absolute Gasteiger partial charge is 0.352 e. The second-order valence-corrected chi connectivity index (χ2v) is 10.5. The van der Waals surface area contributed by atoms with E-state index >= 15 is 0 Å². The van der Waals surface area contributed by atoms with E-state index in [4.69, 9.17) is 4.98 Å². The monoisotopic (exact) mass is 528 g/mol. The van der Waals surface area contributed by atoms with E-state index in [-0.39, 0.29) is 29.7 Å². The second-order valence-electron chi connectivity index (χ2n) is 9.59. The molecule has 1 heterocycles. The minimum absolute atomic E-state index is 0.106. The summed E-state index contributed by atoms with van der Waals surface area (Å²) in [5.74, 6) is 0.338. The van der Waals surface area contributed by atoms with E-state index in [0.29, 0.717) is 34.1 Å². The molecule has 0 saturated heterocycles. The van der Waals surface area contributed by atoms with E-state index in [2.05, 4.69) is 24.5 Å². The number of carbonyl (C=O) groups excluding carboxylic acids is 2. The Morgan fingerprint density at radius 2 is 1.68 bits per heavy atom. The summed E-state index contributed by atoms with van der Waals surface area (Å²) in [4.78, 5) is 43.3. The van der Waals surface area contributed by atoms with Crippen molar-refractivity contribution < 1.29 is 9.59 Å². The Hall–Kier alpha value is -3.91. The first-order valence-corrected chi connectivity index (χ1v) is 13.7. The lowest BCUT2D eigenvalue weighted by Crippen LogP contribution is -2.26. The first-order chi connectivity index (χ1) is 18.3. The van der Waals surface area contributed by atoms with Gasteiger partial charge in [0.25, 0.3) is 11.5 Å². The third-order valence-electron chi connectivity index (χ3n) is 6.14. The van der Waals surface area contributed by atoms with Gasteiger partial charge in [0.05, 0.1) is 23.2 Å². The van der Waals surface area contributed by atoms with Gasteiger partial charge in [0.2, 0.25) is 5.91 Å². The van der Waals surface area contributed by atoms with Crippen LogP contribution in [-0.2, 0) is 11.3 Å². The van der Waals surface area contributed by atoms with Gasteiger partial charge >= 0.3 is 0 Å². The number of aromatic nitrogens is 2. The van der Waals surface area contributed by atoms with E-state index in [1.54, 1.807) is 28.8 Å². The fraction of sp³-hybridized carbons (Fsp3) is 0.267. The van der Waals surface area contributed by atoms with Gasteiger partial charge in [-0.2, -0.15) is 0 Å². The van der Waals surface area contributed by atoms with Gasteiger partial charge in [0.1, 0.15) is 0 Å². The molecule has 4 rings (SSSR count). The zero-order chi connectivity index (χ0) is 27.1. The van der Waals surface area contributed by atoms with Crippen LogP contribution in [-0.4, -0.2) is 33.7 Å². The number of fused-ring (bicyclic) bond motifs is 1. The highest BCUT2D eigenvalue weighted by atomic mass is 32.2. The van der Waals surface area contributed by atoms with Crippen LogP contribution in [0.4, 0.5) is 5.69 Å². The standard InChI is InChI=1S/C30H32N4O3S/c1-20(2)16-17-31-28(36)23-14-12-22(13-15-23)18-34-29(37)24-9-5-7-11-26(24)33-30(34)38-19-27(35)32-25-10-6-4-8-21(25)3/h4-15,20H,16-19H2,1-3H3,(H,31,36)(H,32,35). The van der Waals surface area contributed by atoms with E-state index in [1.807, 2.05) is 55.5 Å². The van der Waals surface area contributed by atoms with Crippen LogP contribution < -0.4 is 16.2 Å². The minimum atomic E-state index is -0.175. The van der Waals surface area contributed by atoms with Crippen molar-refractivity contribution in [2.24, 2.45) is 5.92 Å². The van der Waals surface area contributed by atoms with Crippen molar-refractivity contribution in [3.8, 4) is 0 Å². The van der Waals surface area contributed by atoms with E-state index < -0.39 is 0 Å². The predicted molar refractivity (Wildman–Crippen MR) is 154 cm³/mol. The molecule has 0 spiro atoms. The van der Waals surface area contributed by atoms with Gasteiger partial charge in [-0.15, -0.1) is 0 Å². The molecular formula is C30H32N4O3S. The molecule has 7 nitrogen and oxygen atoms in total. The molecule has 0 aliphatic rings. The predicted octanol–water partition coefficient (Wildman–Crippen LogP) is 5.26. The number of anilines is 1. The molecule has 0 unspecified atom stereocenters. The number of para-hydroxylation sites is 2. The molecule has 8 heteroatoms. The maximum absolute atomic E-state index is 13.4. The molecule has 0 bridgehead atoms. The number of thioether (sulfide) groups is 1. The highest BCUT2D eigenvalue weighted by molar-refractivity contribution is 7.99. The smallest absolute Gasteiger partial charge is 0.262 e.